The number of hydrogen-bond donors (Lipinski definition) is 1. The van der Waals surface area contributed by atoms with Gasteiger partial charge in [0.25, 0.3) is 5.91 Å². The van der Waals surface area contributed by atoms with Crippen LogP contribution in [-0.2, 0) is 10.0 Å². The van der Waals surface area contributed by atoms with E-state index in [9.17, 15) is 23.1 Å². The highest BCUT2D eigenvalue weighted by atomic mass is 32.2. The Kier molecular flexibility index (Phi) is 6.86. The van der Waals surface area contributed by atoms with Crippen molar-refractivity contribution < 1.29 is 23.1 Å². The molecule has 0 atom stereocenters. The molecule has 0 aliphatic carbocycles. The lowest BCUT2D eigenvalue weighted by atomic mass is 10.1. The van der Waals surface area contributed by atoms with Gasteiger partial charge in [-0.3, -0.25) is 4.79 Å². The Hall–Kier alpha value is -3.23. The van der Waals surface area contributed by atoms with Crippen molar-refractivity contribution in [2.75, 3.05) is 18.4 Å². The Morgan fingerprint density at radius 3 is 2.00 bits per heavy atom. The zero-order valence-corrected chi connectivity index (χ0v) is 15.8. The van der Waals surface area contributed by atoms with Crippen LogP contribution in [0.2, 0.25) is 0 Å². The number of benzene rings is 2. The third-order valence-corrected chi connectivity index (χ3v) is 5.65. The number of hydrogen-bond acceptors (Lipinski definition) is 5. The lowest BCUT2D eigenvalue weighted by Gasteiger charge is -2.19. The Morgan fingerprint density at radius 2 is 1.50 bits per heavy atom. The fourth-order valence-electron chi connectivity index (χ4n) is 2.48. The number of sulfonamides is 1. The first-order valence-corrected chi connectivity index (χ1v) is 9.69. The van der Waals surface area contributed by atoms with Crippen LogP contribution in [0.15, 0.2) is 78.7 Å². The smallest absolute Gasteiger partial charge is 0.256 e. The molecule has 28 heavy (non-hydrogen) atoms. The average Bonchev–Trinajstić information content (AvgIpc) is 2.68. The van der Waals surface area contributed by atoms with Crippen LogP contribution >= 0.6 is 0 Å². The van der Waals surface area contributed by atoms with Gasteiger partial charge in [0.1, 0.15) is 0 Å². The third kappa shape index (κ3) is 4.73. The molecule has 2 aromatic carbocycles. The summed E-state index contributed by atoms with van der Waals surface area (Å²) in [7, 11) is -3.75. The molecule has 1 amide bonds. The summed E-state index contributed by atoms with van der Waals surface area (Å²) in [5.41, 5.74) is 0.0297. The summed E-state index contributed by atoms with van der Waals surface area (Å²) < 4.78 is 26.5. The predicted octanol–water partition coefficient (Wildman–Crippen LogP) is 1.67. The van der Waals surface area contributed by atoms with Crippen LogP contribution in [0, 0.1) is 0 Å². The van der Waals surface area contributed by atoms with Gasteiger partial charge in [-0.1, -0.05) is 30.4 Å². The number of nitrogens with one attached hydrogen (secondary N) is 1. The van der Waals surface area contributed by atoms with Crippen LogP contribution in [0.25, 0.3) is 0 Å². The van der Waals surface area contributed by atoms with E-state index in [-0.39, 0.29) is 29.1 Å². The molecule has 0 aromatic heterocycles. The van der Waals surface area contributed by atoms with E-state index in [0.29, 0.717) is 5.69 Å². The number of amides is 1. The van der Waals surface area contributed by atoms with Crippen LogP contribution < -0.4 is 10.4 Å². The van der Waals surface area contributed by atoms with Gasteiger partial charge in [-0.15, -0.1) is 13.2 Å². The molecule has 2 aromatic rings. The lowest BCUT2D eigenvalue weighted by Crippen LogP contribution is -2.31. The Labute approximate surface area is 163 Å². The van der Waals surface area contributed by atoms with E-state index < -0.39 is 21.9 Å². The number of carbonyl (C=O) groups excluding carboxylic acids is 2. The van der Waals surface area contributed by atoms with Crippen LogP contribution in [0.5, 0.6) is 0 Å². The molecule has 2 rings (SSSR count). The van der Waals surface area contributed by atoms with Crippen LogP contribution in [0.3, 0.4) is 0 Å². The minimum atomic E-state index is -3.75. The molecule has 0 aliphatic heterocycles. The van der Waals surface area contributed by atoms with Crippen LogP contribution in [-0.4, -0.2) is 37.7 Å². The number of carbonyl (C=O) groups is 2. The summed E-state index contributed by atoms with van der Waals surface area (Å²) in [4.78, 5) is 23.5. The molecule has 146 valence electrons. The van der Waals surface area contributed by atoms with Crippen molar-refractivity contribution in [2.24, 2.45) is 0 Å². The fraction of sp³-hybridized carbons (Fsp3) is 0.100. The van der Waals surface area contributed by atoms with Crippen molar-refractivity contribution in [1.82, 2.24) is 4.31 Å². The molecule has 0 radical (unpaired) electrons. The maximum atomic E-state index is 12.7. The number of aromatic carboxylic acids is 1. The quantitative estimate of drug-likeness (QED) is 0.646. The van der Waals surface area contributed by atoms with Gasteiger partial charge in [-0.25, -0.2) is 8.42 Å². The average molecular weight is 399 g/mol. The van der Waals surface area contributed by atoms with Crippen molar-refractivity contribution in [3.05, 3.63) is 85.0 Å². The van der Waals surface area contributed by atoms with Gasteiger partial charge in [0, 0.05) is 29.9 Å². The number of carboxylic acid groups (broad SMARTS) is 1. The van der Waals surface area contributed by atoms with Gasteiger partial charge in [0.2, 0.25) is 10.0 Å². The zero-order chi connectivity index (χ0) is 20.7. The second kappa shape index (κ2) is 9.12. The number of nitrogens with zero attached hydrogens (tertiary/aromatic N) is 1. The van der Waals surface area contributed by atoms with Gasteiger partial charge in [0.15, 0.2) is 0 Å². The van der Waals surface area contributed by atoms with E-state index in [2.05, 4.69) is 18.5 Å². The predicted molar refractivity (Wildman–Crippen MR) is 104 cm³/mol. The molecule has 0 heterocycles. The van der Waals surface area contributed by atoms with E-state index in [1.165, 1.54) is 65.0 Å². The van der Waals surface area contributed by atoms with Crippen molar-refractivity contribution in [1.29, 1.82) is 0 Å². The van der Waals surface area contributed by atoms with Gasteiger partial charge in [-0.05, 0) is 30.3 Å². The Morgan fingerprint density at radius 1 is 0.964 bits per heavy atom. The summed E-state index contributed by atoms with van der Waals surface area (Å²) >= 11 is 0. The van der Waals surface area contributed by atoms with Gasteiger partial charge >= 0.3 is 0 Å². The van der Waals surface area contributed by atoms with E-state index in [1.807, 2.05) is 0 Å². The SMILES string of the molecule is C=CCN(CC=C)S(=O)(=O)c1ccc(NC(=O)c2ccccc2C(=O)[O-])cc1. The summed E-state index contributed by atoms with van der Waals surface area (Å²) in [5.74, 6) is -2.10. The molecular formula is C20H19N2O5S-. The van der Waals surface area contributed by atoms with Crippen molar-refractivity contribution >= 4 is 27.6 Å². The Bertz CT molecular complexity index is 988. The van der Waals surface area contributed by atoms with E-state index in [4.69, 9.17) is 0 Å². The normalized spacial score (nSPS) is 11.0. The maximum Gasteiger partial charge on any atom is 0.256 e. The molecule has 8 heteroatoms. The van der Waals surface area contributed by atoms with Crippen molar-refractivity contribution in [2.45, 2.75) is 4.90 Å². The number of rotatable bonds is 9. The second-order valence-corrected chi connectivity index (χ2v) is 7.65. The monoisotopic (exact) mass is 399 g/mol. The van der Waals surface area contributed by atoms with E-state index in [0.717, 1.165) is 0 Å². The van der Waals surface area contributed by atoms with Crippen molar-refractivity contribution in [3.63, 3.8) is 0 Å². The summed E-state index contributed by atoms with van der Waals surface area (Å²) in [5, 5.41) is 13.7. The van der Waals surface area contributed by atoms with Gasteiger partial charge in [-0.2, -0.15) is 4.31 Å². The van der Waals surface area contributed by atoms with E-state index in [1.54, 1.807) is 0 Å². The number of carboxylic acids is 1. The molecular weight excluding hydrogens is 380 g/mol. The van der Waals surface area contributed by atoms with Gasteiger partial charge in [0.05, 0.1) is 10.9 Å². The highest BCUT2D eigenvalue weighted by Gasteiger charge is 2.22. The molecule has 0 bridgehead atoms. The second-order valence-electron chi connectivity index (χ2n) is 5.71. The summed E-state index contributed by atoms with van der Waals surface area (Å²) in [6, 6.07) is 11.2. The van der Waals surface area contributed by atoms with Crippen LogP contribution in [0.4, 0.5) is 5.69 Å². The third-order valence-electron chi connectivity index (χ3n) is 3.81. The first-order valence-electron chi connectivity index (χ1n) is 8.25. The lowest BCUT2D eigenvalue weighted by molar-refractivity contribution is -0.255. The van der Waals surface area contributed by atoms with Gasteiger partial charge < -0.3 is 15.2 Å². The molecule has 0 saturated heterocycles. The molecule has 0 spiro atoms. The Balaban J connectivity index is 2.23. The molecule has 0 fully saturated rings. The highest BCUT2D eigenvalue weighted by Crippen LogP contribution is 2.19. The van der Waals surface area contributed by atoms with Crippen LogP contribution in [0.1, 0.15) is 20.7 Å². The summed E-state index contributed by atoms with van der Waals surface area (Å²) in [6.07, 6.45) is 2.95. The number of anilines is 1. The molecule has 0 unspecified atom stereocenters. The summed E-state index contributed by atoms with van der Waals surface area (Å²) in [6.45, 7) is 7.37. The van der Waals surface area contributed by atoms with E-state index >= 15 is 0 Å². The molecule has 7 nitrogen and oxygen atoms in total. The zero-order valence-electron chi connectivity index (χ0n) is 15.0. The largest absolute Gasteiger partial charge is 0.545 e. The fourth-order valence-corrected chi connectivity index (χ4v) is 3.86. The minimum Gasteiger partial charge on any atom is -0.545 e. The maximum absolute atomic E-state index is 12.7. The first kappa shape index (κ1) is 21.1. The highest BCUT2D eigenvalue weighted by molar-refractivity contribution is 7.89. The topological polar surface area (TPSA) is 107 Å². The van der Waals surface area contributed by atoms with Crippen molar-refractivity contribution in [3.8, 4) is 0 Å². The molecule has 1 N–H and O–H groups in total. The first-order chi connectivity index (χ1) is 13.3. The standard InChI is InChI=1S/C20H20N2O5S/c1-3-13-22(14-4-2)28(26,27)16-11-9-15(10-12-16)21-19(23)17-7-5-6-8-18(17)20(24)25/h3-12H,1-2,13-14H2,(H,21,23)(H,24,25)/p-1. The molecule has 0 aliphatic rings. The minimum absolute atomic E-state index is 0.0457. The molecule has 0 saturated carbocycles.